The van der Waals surface area contributed by atoms with E-state index in [1.54, 1.807) is 0 Å². The molecule has 3 unspecified atom stereocenters. The van der Waals surface area contributed by atoms with Crippen molar-refractivity contribution in [1.82, 2.24) is 5.06 Å². The molecule has 0 aromatic heterocycles. The summed E-state index contributed by atoms with van der Waals surface area (Å²) in [6.07, 6.45) is 0.0411. The van der Waals surface area contributed by atoms with Crippen molar-refractivity contribution in [3.8, 4) is 0 Å². The molecule has 0 saturated carbocycles. The highest BCUT2D eigenvalue weighted by atomic mass is 32.1. The minimum absolute atomic E-state index is 0.0717. The highest BCUT2D eigenvalue weighted by Crippen LogP contribution is 2.29. The Morgan fingerprint density at radius 3 is 2.53 bits per heavy atom. The Labute approximate surface area is 108 Å². The van der Waals surface area contributed by atoms with Crippen LogP contribution in [0.4, 0.5) is 4.79 Å². The van der Waals surface area contributed by atoms with Crippen LogP contribution in [0.1, 0.15) is 34.1 Å². The smallest absolute Gasteiger partial charge is 0.434 e. The van der Waals surface area contributed by atoms with Crippen molar-refractivity contribution < 1.29 is 14.4 Å². The lowest BCUT2D eigenvalue weighted by atomic mass is 10.1. The maximum absolute atomic E-state index is 11.9. The number of thiol groups is 1. The van der Waals surface area contributed by atoms with E-state index < -0.39 is 11.7 Å². The molecule has 1 aliphatic rings. The van der Waals surface area contributed by atoms with Crippen LogP contribution in [0.3, 0.4) is 0 Å². The molecule has 1 heterocycles. The van der Waals surface area contributed by atoms with Crippen LogP contribution in [0.5, 0.6) is 0 Å². The molecule has 1 amide bonds. The first-order valence-corrected chi connectivity index (χ1v) is 6.39. The zero-order chi connectivity index (χ0) is 13.2. The molecule has 0 bridgehead atoms. The van der Waals surface area contributed by atoms with E-state index in [0.29, 0.717) is 6.54 Å². The van der Waals surface area contributed by atoms with Gasteiger partial charge in [0.25, 0.3) is 0 Å². The molecule has 0 aromatic rings. The number of hydrogen-bond acceptors (Lipinski definition) is 5. The van der Waals surface area contributed by atoms with Gasteiger partial charge in [0.05, 0.1) is 11.3 Å². The Hall–Kier alpha value is -0.460. The summed E-state index contributed by atoms with van der Waals surface area (Å²) < 4.78 is 5.28. The number of ether oxygens (including phenoxy) is 1. The summed E-state index contributed by atoms with van der Waals surface area (Å²) in [5, 5.41) is 1.21. The van der Waals surface area contributed by atoms with Crippen LogP contribution in [0.25, 0.3) is 0 Å². The SMILES string of the molecule is CCC1C(S)C(CN)ON1C(=O)OC(C)(C)C. The zero-order valence-electron chi connectivity index (χ0n) is 10.8. The van der Waals surface area contributed by atoms with E-state index in [4.69, 9.17) is 15.3 Å². The number of carbonyl (C=O) groups is 1. The van der Waals surface area contributed by atoms with Gasteiger partial charge >= 0.3 is 6.09 Å². The molecule has 1 fully saturated rings. The predicted octanol–water partition coefficient (Wildman–Crippen LogP) is 1.57. The number of nitrogens with zero attached hydrogens (tertiary/aromatic N) is 1. The van der Waals surface area contributed by atoms with E-state index >= 15 is 0 Å². The summed E-state index contributed by atoms with van der Waals surface area (Å²) in [7, 11) is 0. The topological polar surface area (TPSA) is 64.8 Å². The van der Waals surface area contributed by atoms with E-state index in [1.165, 1.54) is 5.06 Å². The summed E-state index contributed by atoms with van der Waals surface area (Å²) in [5.74, 6) is 0. The van der Waals surface area contributed by atoms with Crippen LogP contribution < -0.4 is 5.73 Å². The molecule has 1 rings (SSSR count). The second kappa shape index (κ2) is 5.46. The van der Waals surface area contributed by atoms with Crippen molar-refractivity contribution in [2.45, 2.75) is 57.1 Å². The lowest BCUT2D eigenvalue weighted by Gasteiger charge is -2.27. The summed E-state index contributed by atoms with van der Waals surface area (Å²) in [4.78, 5) is 17.4. The molecule has 17 heavy (non-hydrogen) atoms. The third-order valence-electron chi connectivity index (χ3n) is 2.55. The third-order valence-corrected chi connectivity index (χ3v) is 3.23. The summed E-state index contributed by atoms with van der Waals surface area (Å²) in [6, 6.07) is -0.0956. The van der Waals surface area contributed by atoms with Gasteiger partial charge in [-0.2, -0.15) is 17.7 Å². The Bertz CT molecular complexity index is 280. The maximum Gasteiger partial charge on any atom is 0.434 e. The maximum atomic E-state index is 11.9. The lowest BCUT2D eigenvalue weighted by Crippen LogP contribution is -2.40. The first kappa shape index (κ1) is 14.6. The second-order valence-corrected chi connectivity index (χ2v) is 5.75. The minimum atomic E-state index is -0.536. The fourth-order valence-electron chi connectivity index (χ4n) is 1.75. The summed E-state index contributed by atoms with van der Waals surface area (Å²) in [6.45, 7) is 7.78. The van der Waals surface area contributed by atoms with Gasteiger partial charge in [-0.25, -0.2) is 4.79 Å². The summed E-state index contributed by atoms with van der Waals surface area (Å²) >= 11 is 4.45. The Kier molecular flexibility index (Phi) is 4.69. The van der Waals surface area contributed by atoms with Gasteiger partial charge in [0.15, 0.2) is 0 Å². The van der Waals surface area contributed by atoms with Crippen molar-refractivity contribution >= 4 is 18.7 Å². The first-order chi connectivity index (χ1) is 7.80. The Morgan fingerprint density at radius 1 is 1.53 bits per heavy atom. The highest BCUT2D eigenvalue weighted by molar-refractivity contribution is 7.81. The van der Waals surface area contributed by atoms with Crippen molar-refractivity contribution in [2.75, 3.05) is 6.54 Å². The number of rotatable bonds is 2. The van der Waals surface area contributed by atoms with Crippen molar-refractivity contribution in [3.63, 3.8) is 0 Å². The Balaban J connectivity index is 2.73. The number of hydroxylamine groups is 2. The van der Waals surface area contributed by atoms with Crippen LogP contribution in [0, 0.1) is 0 Å². The van der Waals surface area contributed by atoms with E-state index in [1.807, 2.05) is 27.7 Å². The minimum Gasteiger partial charge on any atom is -0.442 e. The molecule has 5 nitrogen and oxygen atoms in total. The number of nitrogens with two attached hydrogens (primary N) is 1. The van der Waals surface area contributed by atoms with Crippen LogP contribution in [-0.2, 0) is 9.57 Å². The van der Waals surface area contributed by atoms with E-state index in [-0.39, 0.29) is 17.4 Å². The normalized spacial score (nSPS) is 29.5. The van der Waals surface area contributed by atoms with Crippen molar-refractivity contribution in [2.24, 2.45) is 5.73 Å². The van der Waals surface area contributed by atoms with E-state index in [0.717, 1.165) is 6.42 Å². The number of hydrogen-bond donors (Lipinski definition) is 2. The number of amides is 1. The second-order valence-electron chi connectivity index (χ2n) is 5.15. The van der Waals surface area contributed by atoms with Gasteiger partial charge in [-0.05, 0) is 27.2 Å². The van der Waals surface area contributed by atoms with E-state index in [2.05, 4.69) is 12.6 Å². The quantitative estimate of drug-likeness (QED) is 0.741. The molecule has 1 aliphatic heterocycles. The molecule has 3 atom stereocenters. The van der Waals surface area contributed by atoms with Gasteiger partial charge in [0.1, 0.15) is 11.7 Å². The zero-order valence-corrected chi connectivity index (χ0v) is 11.7. The van der Waals surface area contributed by atoms with Crippen LogP contribution in [0.2, 0.25) is 0 Å². The van der Waals surface area contributed by atoms with Crippen molar-refractivity contribution in [1.29, 1.82) is 0 Å². The average molecular weight is 262 g/mol. The van der Waals surface area contributed by atoms with Crippen LogP contribution in [-0.4, -0.2) is 40.7 Å². The van der Waals surface area contributed by atoms with Crippen LogP contribution >= 0.6 is 12.6 Å². The standard InChI is InChI=1S/C11H22N2O3S/c1-5-7-9(17)8(6-12)16-13(7)10(14)15-11(2,3)4/h7-9,17H,5-6,12H2,1-4H3. The van der Waals surface area contributed by atoms with Gasteiger partial charge in [-0.15, -0.1) is 0 Å². The van der Waals surface area contributed by atoms with Gasteiger partial charge in [0.2, 0.25) is 0 Å². The molecule has 1 saturated heterocycles. The molecule has 100 valence electrons. The van der Waals surface area contributed by atoms with Crippen molar-refractivity contribution in [3.05, 3.63) is 0 Å². The molecule has 0 aromatic carbocycles. The highest BCUT2D eigenvalue weighted by Gasteiger charge is 2.43. The lowest BCUT2D eigenvalue weighted by molar-refractivity contribution is -0.147. The molecule has 0 spiro atoms. The predicted molar refractivity (Wildman–Crippen MR) is 68.9 cm³/mol. The molecular weight excluding hydrogens is 240 g/mol. The van der Waals surface area contributed by atoms with Gasteiger partial charge in [-0.1, -0.05) is 6.92 Å². The Morgan fingerprint density at radius 2 is 2.12 bits per heavy atom. The van der Waals surface area contributed by atoms with Gasteiger partial charge in [-0.3, -0.25) is 4.84 Å². The fourth-order valence-corrected chi connectivity index (χ4v) is 2.26. The first-order valence-electron chi connectivity index (χ1n) is 5.87. The molecule has 6 heteroatoms. The number of carbonyl (C=O) groups excluding carboxylic acids is 1. The molecular formula is C11H22N2O3S. The van der Waals surface area contributed by atoms with Crippen LogP contribution in [0.15, 0.2) is 0 Å². The summed E-state index contributed by atoms with van der Waals surface area (Å²) in [5.41, 5.74) is 5.04. The monoisotopic (exact) mass is 262 g/mol. The largest absolute Gasteiger partial charge is 0.442 e. The third kappa shape index (κ3) is 3.50. The molecule has 2 N–H and O–H groups in total. The fraction of sp³-hybridized carbons (Fsp3) is 0.909. The van der Waals surface area contributed by atoms with Gasteiger partial charge in [0, 0.05) is 6.54 Å². The molecule has 0 radical (unpaired) electrons. The average Bonchev–Trinajstić information content (AvgIpc) is 2.52. The molecule has 0 aliphatic carbocycles. The van der Waals surface area contributed by atoms with Gasteiger partial charge < -0.3 is 10.5 Å². The van der Waals surface area contributed by atoms with E-state index in [9.17, 15) is 4.79 Å².